The molecule has 16 bridgehead atoms. The van der Waals surface area contributed by atoms with Crippen LogP contribution in [-0.4, -0.2) is 0 Å². The summed E-state index contributed by atoms with van der Waals surface area (Å²) >= 11 is 0. The topological polar surface area (TPSA) is 158 Å². The summed E-state index contributed by atoms with van der Waals surface area (Å²) in [5, 5.41) is 51.9. The smallest absolute Gasteiger partial charge is 0.173 e. The van der Waals surface area contributed by atoms with Crippen LogP contribution in [0.25, 0.3) is 76.8 Å². The van der Waals surface area contributed by atoms with Gasteiger partial charge in [-0.15, -0.1) is 0 Å². The summed E-state index contributed by atoms with van der Waals surface area (Å²) in [6.07, 6.45) is 17.4. The number of pyridine rings is 4. The van der Waals surface area contributed by atoms with Crippen molar-refractivity contribution in [3.05, 3.63) is 290 Å². The molecule has 620 valence electrons. The molecule has 0 atom stereocenters. The Kier molecular flexibility index (Phi) is 32.9. The summed E-state index contributed by atoms with van der Waals surface area (Å²) in [5.41, 5.74) is 14.9. The zero-order valence-corrected chi connectivity index (χ0v) is 65.1. The summed E-state index contributed by atoms with van der Waals surface area (Å²) < 4.78 is 246. The Morgan fingerprint density at radius 1 is 0.198 bits per heavy atom. The van der Waals surface area contributed by atoms with E-state index in [1.165, 1.54) is 141 Å². The van der Waals surface area contributed by atoms with Gasteiger partial charge in [-0.3, -0.25) is 0 Å². The minimum atomic E-state index is -10.7. The average Bonchev–Trinajstić information content (AvgIpc) is 0.746. The van der Waals surface area contributed by atoms with Gasteiger partial charge in [-0.2, -0.15) is 31.6 Å². The normalized spacial score (nSPS) is 13.3. The molecule has 116 heavy (non-hydrogen) atoms. The van der Waals surface area contributed by atoms with Gasteiger partial charge in [0.05, 0.1) is 36.4 Å². The van der Waals surface area contributed by atoms with Crippen LogP contribution in [0.3, 0.4) is 0 Å². The van der Waals surface area contributed by atoms with Crippen LogP contribution >= 0.6 is 31.2 Å². The van der Waals surface area contributed by atoms with E-state index in [9.17, 15) is 101 Å². The van der Waals surface area contributed by atoms with E-state index >= 15 is 0 Å². The molecule has 0 saturated heterocycles. The Hall–Kier alpha value is -11.9. The molecular weight excluding hydrogens is 1660 g/mol. The first-order valence-corrected chi connectivity index (χ1v) is 40.7. The zero-order chi connectivity index (χ0) is 88.5. The van der Waals surface area contributed by atoms with Gasteiger partial charge in [0.25, 0.3) is 0 Å². The molecule has 8 aromatic carbocycles. The number of aromatic nitrogens is 4. The molecule has 38 heteroatoms. The predicted octanol–water partition coefficient (Wildman–Crippen LogP) is 29.9. The molecule has 26 heterocycles. The maximum atomic E-state index is 9.87. The monoisotopic (exact) mass is 1730 g/mol. The van der Waals surface area contributed by atoms with Gasteiger partial charge >= 0.3 is 132 Å². The SMILES string of the molecule is CC#N.CC#N.CC#N.CC#N.CC#N.CC#N.F[P-](F)(F)(F)(F)F.F[P-](F)(F)(F)(F)F.F[P-](F)(F)(F)(F)F.F[P-](F)(F)(F)(F)F.c1cc2ccc1C[n+]1ccc(cc1)-c1ccc(cc1)-c1cc[n+](cc1)Cc1ccc(cc1)C[n+]1ccc(cc1)-c1ccc(cc1)-c1cc[n+](cc1)C2.c1ccc2c(c1)ccc1c3ccccc3ccc21. The molecule has 0 unspecified atom stereocenters. The van der Waals surface area contributed by atoms with Gasteiger partial charge in [-0.25, -0.2) is 18.3 Å². The largest absolute Gasteiger partial charge is 0.201 e. The standard InChI is InChI=1S/C48H40N4.C18H12.6C2H3N.4F6P/c1-2-38-4-3-37(1)33-49-25-17-45(18-26-49)41-9-11-43(12-10-41)47-21-29-51(30-22-47)35-39-5-7-40(8-6-39)36-52-31-23-48(24-32-52)44-15-13-42(14-16-44)46-19-27-50(34-38)28-20-46;1-3-7-15-13(5-1)9-11-18-16-8-4-2-6-14(16)10-12-17(15)18;6*1-2-3;4*1-7(2,3,4,5)6/h1-32H,33-36H2;1-12H;6*1H3;;;;/q+4;;;;;;;;4*-1. The van der Waals surface area contributed by atoms with Crippen molar-refractivity contribution >= 4 is 63.6 Å². The molecular formula is C78H70F24N10P4. The molecule has 0 saturated carbocycles. The van der Waals surface area contributed by atoms with Crippen LogP contribution in [0, 0.1) is 68.0 Å². The van der Waals surface area contributed by atoms with Crippen LogP contribution in [0.5, 0.6) is 0 Å². The summed E-state index contributed by atoms with van der Waals surface area (Å²) in [6, 6.07) is 89.9. The van der Waals surface area contributed by atoms with Crippen molar-refractivity contribution in [3.8, 4) is 80.9 Å². The molecule has 22 aliphatic heterocycles. The van der Waals surface area contributed by atoms with Crippen molar-refractivity contribution in [2.45, 2.75) is 67.7 Å². The molecule has 0 aliphatic carbocycles. The van der Waals surface area contributed by atoms with Crippen molar-refractivity contribution < 1.29 is 119 Å². The molecule has 0 fully saturated rings. The van der Waals surface area contributed by atoms with Crippen LogP contribution in [0.15, 0.2) is 268 Å². The second-order valence-electron chi connectivity index (χ2n) is 23.7. The van der Waals surface area contributed by atoms with Gasteiger partial charge in [-0.1, -0.05) is 170 Å². The third kappa shape index (κ3) is 50.3. The number of nitrogens with zero attached hydrogens (tertiary/aromatic N) is 10. The fourth-order valence-corrected chi connectivity index (χ4v) is 9.85. The minimum absolute atomic E-state index is 0.837. The van der Waals surface area contributed by atoms with E-state index in [0.29, 0.717) is 0 Å². The van der Waals surface area contributed by atoms with Crippen LogP contribution in [-0.2, 0) is 26.2 Å². The van der Waals surface area contributed by atoms with Gasteiger partial charge in [0.2, 0.25) is 0 Å². The summed E-state index contributed by atoms with van der Waals surface area (Å²) in [5.74, 6) is 0. The zero-order valence-electron chi connectivity index (χ0n) is 61.6. The Balaban J connectivity index is 0.000000576. The molecule has 0 spiro atoms. The van der Waals surface area contributed by atoms with Crippen molar-refractivity contribution in [2.75, 3.05) is 0 Å². The third-order valence-electron chi connectivity index (χ3n) is 13.8. The Morgan fingerprint density at radius 3 is 0.491 bits per heavy atom. The summed E-state index contributed by atoms with van der Waals surface area (Å²) in [7, 11) is -42.6. The number of hydrogen-bond donors (Lipinski definition) is 0. The van der Waals surface area contributed by atoms with Crippen LogP contribution in [0.4, 0.5) is 101 Å². The van der Waals surface area contributed by atoms with E-state index in [4.69, 9.17) is 31.6 Å². The third-order valence-corrected chi connectivity index (χ3v) is 13.8. The molecule has 4 aromatic heterocycles. The fourth-order valence-electron chi connectivity index (χ4n) is 9.85. The van der Waals surface area contributed by atoms with Gasteiger partial charge < -0.3 is 0 Å². The Morgan fingerprint density at radius 2 is 0.336 bits per heavy atom. The Labute approximate surface area is 650 Å². The van der Waals surface area contributed by atoms with Crippen LogP contribution in [0.1, 0.15) is 63.8 Å². The van der Waals surface area contributed by atoms with E-state index < -0.39 is 31.2 Å². The maximum absolute atomic E-state index is 10.7. The number of nitriles is 6. The first-order valence-electron chi connectivity index (χ1n) is 32.6. The van der Waals surface area contributed by atoms with Gasteiger partial charge in [0.1, 0.15) is 0 Å². The van der Waals surface area contributed by atoms with E-state index in [1.54, 1.807) is 36.4 Å². The minimum Gasteiger partial charge on any atom is -0.201 e. The molecule has 0 amide bonds. The van der Waals surface area contributed by atoms with Crippen molar-refractivity contribution in [2.24, 2.45) is 0 Å². The quantitative estimate of drug-likeness (QED) is 0.0636. The number of benzene rings is 8. The first kappa shape index (κ1) is 100. The van der Waals surface area contributed by atoms with Crippen LogP contribution in [0.2, 0.25) is 0 Å². The number of rotatable bonds is 0. The van der Waals surface area contributed by atoms with Crippen molar-refractivity contribution in [1.82, 2.24) is 0 Å². The van der Waals surface area contributed by atoms with E-state index in [-0.39, 0.29) is 0 Å². The van der Waals surface area contributed by atoms with Gasteiger partial charge in [0.15, 0.2) is 75.8 Å². The van der Waals surface area contributed by atoms with E-state index in [1.807, 2.05) is 0 Å². The van der Waals surface area contributed by atoms with Crippen molar-refractivity contribution in [1.29, 1.82) is 31.6 Å². The van der Waals surface area contributed by atoms with E-state index in [0.717, 1.165) is 26.2 Å². The average molecular weight is 1730 g/mol. The first-order chi connectivity index (χ1) is 52.9. The van der Waals surface area contributed by atoms with Gasteiger partial charge in [0, 0.05) is 112 Å². The Bertz CT molecular complexity index is 4790. The predicted molar refractivity (Wildman–Crippen MR) is 406 cm³/mol. The second kappa shape index (κ2) is 38.0. The molecule has 0 N–H and O–H groups in total. The molecule has 34 rings (SSSR count). The molecule has 22 aliphatic rings. The van der Waals surface area contributed by atoms with Gasteiger partial charge in [-0.05, 0) is 76.8 Å². The van der Waals surface area contributed by atoms with E-state index in [2.05, 4.69) is 286 Å². The maximum Gasteiger partial charge on any atom is 0.173 e. The van der Waals surface area contributed by atoms with Crippen LogP contribution < -0.4 is 18.3 Å². The number of halogens is 24. The summed E-state index contributed by atoms with van der Waals surface area (Å²) in [4.78, 5) is 0. The number of hydrogen-bond acceptors (Lipinski definition) is 6. The molecule has 12 aromatic rings. The second-order valence-corrected chi connectivity index (χ2v) is 31.3. The fraction of sp³-hybridized carbons (Fsp3) is 0.128. The number of fused-ring (bicyclic) bond motifs is 5. The summed E-state index contributed by atoms with van der Waals surface area (Å²) in [6.45, 7) is 11.9. The molecule has 10 nitrogen and oxygen atoms in total. The molecule has 0 radical (unpaired) electrons. The van der Waals surface area contributed by atoms with Crippen molar-refractivity contribution in [3.63, 3.8) is 0 Å².